The summed E-state index contributed by atoms with van der Waals surface area (Å²) in [5, 5.41) is 0. The highest BCUT2D eigenvalue weighted by Crippen LogP contribution is 2.42. The van der Waals surface area contributed by atoms with E-state index in [9.17, 15) is 9.59 Å². The lowest BCUT2D eigenvalue weighted by Crippen LogP contribution is -2.50. The van der Waals surface area contributed by atoms with Gasteiger partial charge in [-0.1, -0.05) is 31.4 Å². The Morgan fingerprint density at radius 3 is 2.36 bits per heavy atom. The first-order valence-corrected chi connectivity index (χ1v) is 17.0. The Labute approximate surface area is 267 Å². The van der Waals surface area contributed by atoms with Crippen molar-refractivity contribution in [1.29, 1.82) is 0 Å². The SMILES string of the molecule is CCOC(=O)Cn1ccnc1CN(Cc1ccc(C(=O)N2CCC3(CC2)CCN(C2CCCCC2)CC3)cc1)Cc1ncc[nH]1. The molecule has 3 aliphatic rings. The minimum absolute atomic E-state index is 0.130. The maximum atomic E-state index is 13.5. The van der Waals surface area contributed by atoms with Crippen LogP contribution >= 0.6 is 0 Å². The van der Waals surface area contributed by atoms with Gasteiger partial charge in [0, 0.05) is 56.0 Å². The van der Waals surface area contributed by atoms with Crippen LogP contribution in [0, 0.1) is 5.41 Å². The van der Waals surface area contributed by atoms with E-state index in [1.807, 2.05) is 22.9 Å². The normalized spacial score (nSPS) is 19.3. The molecule has 0 radical (unpaired) electrons. The molecule has 0 unspecified atom stereocenters. The summed E-state index contributed by atoms with van der Waals surface area (Å²) >= 11 is 0. The summed E-state index contributed by atoms with van der Waals surface area (Å²) in [7, 11) is 0. The van der Waals surface area contributed by atoms with Crippen molar-refractivity contribution in [2.45, 2.75) is 96.9 Å². The van der Waals surface area contributed by atoms with Gasteiger partial charge in [0.2, 0.25) is 0 Å². The average molecular weight is 616 g/mol. The van der Waals surface area contributed by atoms with Crippen molar-refractivity contribution in [3.8, 4) is 0 Å². The summed E-state index contributed by atoms with van der Waals surface area (Å²) in [5.41, 5.74) is 2.28. The molecule has 2 aromatic heterocycles. The number of amides is 1. The van der Waals surface area contributed by atoms with Crippen LogP contribution in [0.15, 0.2) is 49.1 Å². The third-order valence-corrected chi connectivity index (χ3v) is 10.4. The van der Waals surface area contributed by atoms with E-state index in [-0.39, 0.29) is 18.4 Å². The third kappa shape index (κ3) is 8.02. The molecule has 1 N–H and O–H groups in total. The quantitative estimate of drug-likeness (QED) is 0.303. The van der Waals surface area contributed by atoms with Gasteiger partial charge in [-0.05, 0) is 81.6 Å². The molecule has 1 aromatic carbocycles. The molecule has 242 valence electrons. The smallest absolute Gasteiger partial charge is 0.325 e. The number of nitrogens with zero attached hydrogens (tertiary/aromatic N) is 6. The molecule has 1 saturated carbocycles. The molecule has 4 heterocycles. The molecule has 0 atom stereocenters. The number of benzene rings is 1. The number of H-pyrrole nitrogens is 1. The number of piperidine rings is 2. The Morgan fingerprint density at radius 1 is 0.933 bits per heavy atom. The predicted octanol–water partition coefficient (Wildman–Crippen LogP) is 5.02. The summed E-state index contributed by atoms with van der Waals surface area (Å²) in [6.45, 7) is 8.25. The number of imidazole rings is 2. The maximum absolute atomic E-state index is 13.5. The van der Waals surface area contributed by atoms with Gasteiger partial charge in [-0.3, -0.25) is 14.5 Å². The molecule has 3 aromatic rings. The largest absolute Gasteiger partial charge is 0.465 e. The van der Waals surface area contributed by atoms with Crippen LogP contribution in [0.1, 0.15) is 92.3 Å². The number of hydrogen-bond acceptors (Lipinski definition) is 7. The fourth-order valence-electron chi connectivity index (χ4n) is 7.63. The summed E-state index contributed by atoms with van der Waals surface area (Å²) in [6.07, 6.45) is 18.9. The Kier molecular flexibility index (Phi) is 10.3. The van der Waals surface area contributed by atoms with Crippen molar-refractivity contribution in [3.63, 3.8) is 0 Å². The van der Waals surface area contributed by atoms with Gasteiger partial charge in [-0.25, -0.2) is 9.97 Å². The number of likely N-dealkylation sites (tertiary alicyclic amines) is 2. The standard InChI is InChI=1S/C35H49N7O3/c1-2-45-33(43)27-42-23-18-38-32(42)26-39(25-31-36-16-17-37-31)24-28-8-10-29(11-9-28)34(44)41-21-14-35(15-22-41)12-19-40(20-13-35)30-6-4-3-5-7-30/h8-11,16-18,23,30H,2-7,12-15,19-22,24-27H2,1H3,(H,36,37). The Morgan fingerprint density at radius 2 is 1.67 bits per heavy atom. The van der Waals surface area contributed by atoms with E-state index in [1.54, 1.807) is 25.5 Å². The second-order valence-corrected chi connectivity index (χ2v) is 13.3. The van der Waals surface area contributed by atoms with E-state index in [2.05, 4.69) is 41.8 Å². The molecule has 10 nitrogen and oxygen atoms in total. The van der Waals surface area contributed by atoms with E-state index in [4.69, 9.17) is 4.74 Å². The zero-order chi connectivity index (χ0) is 31.1. The fraction of sp³-hybridized carbons (Fsp3) is 0.600. The van der Waals surface area contributed by atoms with Crippen LogP contribution < -0.4 is 0 Å². The van der Waals surface area contributed by atoms with Gasteiger partial charge in [-0.15, -0.1) is 0 Å². The summed E-state index contributed by atoms with van der Waals surface area (Å²) in [6, 6.07) is 8.87. The summed E-state index contributed by atoms with van der Waals surface area (Å²) < 4.78 is 6.97. The molecule has 1 spiro atoms. The highest BCUT2D eigenvalue weighted by atomic mass is 16.5. The maximum Gasteiger partial charge on any atom is 0.325 e. The number of carbonyl (C=O) groups excluding carboxylic acids is 2. The highest BCUT2D eigenvalue weighted by molar-refractivity contribution is 5.94. The highest BCUT2D eigenvalue weighted by Gasteiger charge is 2.40. The number of carbonyl (C=O) groups is 2. The van der Waals surface area contributed by atoms with Crippen LogP contribution in [0.3, 0.4) is 0 Å². The number of ether oxygens (including phenoxy) is 1. The monoisotopic (exact) mass is 615 g/mol. The van der Waals surface area contributed by atoms with E-state index in [0.29, 0.717) is 31.7 Å². The average Bonchev–Trinajstić information content (AvgIpc) is 3.74. The van der Waals surface area contributed by atoms with E-state index in [0.717, 1.165) is 54.7 Å². The minimum atomic E-state index is -0.279. The topological polar surface area (TPSA) is 99.6 Å². The zero-order valence-corrected chi connectivity index (χ0v) is 26.8. The van der Waals surface area contributed by atoms with E-state index in [1.165, 1.54) is 58.0 Å². The molecular weight excluding hydrogens is 566 g/mol. The molecule has 3 fully saturated rings. The first-order chi connectivity index (χ1) is 22.0. The van der Waals surface area contributed by atoms with Gasteiger partial charge in [0.1, 0.15) is 18.2 Å². The van der Waals surface area contributed by atoms with Gasteiger partial charge >= 0.3 is 5.97 Å². The number of esters is 1. The molecule has 1 amide bonds. The lowest BCUT2D eigenvalue weighted by molar-refractivity contribution is -0.143. The number of aromatic nitrogens is 4. The molecule has 45 heavy (non-hydrogen) atoms. The van der Waals surface area contributed by atoms with Crippen LogP contribution in [0.25, 0.3) is 0 Å². The van der Waals surface area contributed by atoms with E-state index < -0.39 is 0 Å². The Balaban J connectivity index is 1.03. The van der Waals surface area contributed by atoms with E-state index >= 15 is 0 Å². The molecule has 1 aliphatic carbocycles. The Hall–Kier alpha value is -3.50. The van der Waals surface area contributed by atoms with Crippen LogP contribution in [-0.2, 0) is 35.7 Å². The number of nitrogens with one attached hydrogen (secondary N) is 1. The van der Waals surface area contributed by atoms with Crippen LogP contribution in [0.2, 0.25) is 0 Å². The van der Waals surface area contributed by atoms with Crippen molar-refractivity contribution >= 4 is 11.9 Å². The fourth-order valence-corrected chi connectivity index (χ4v) is 7.63. The molecule has 10 heteroatoms. The van der Waals surface area contributed by atoms with Crippen LogP contribution in [0.5, 0.6) is 0 Å². The van der Waals surface area contributed by atoms with Gasteiger partial charge in [0.05, 0.1) is 19.7 Å². The molecule has 0 bridgehead atoms. The number of rotatable bonds is 11. The van der Waals surface area contributed by atoms with Crippen molar-refractivity contribution in [1.82, 2.24) is 34.2 Å². The second-order valence-electron chi connectivity index (χ2n) is 13.3. The number of hydrogen-bond donors (Lipinski definition) is 1. The molecular formula is C35H49N7O3. The van der Waals surface area contributed by atoms with Gasteiger partial charge in [0.15, 0.2) is 0 Å². The van der Waals surface area contributed by atoms with Gasteiger partial charge in [0.25, 0.3) is 5.91 Å². The molecule has 2 aliphatic heterocycles. The van der Waals surface area contributed by atoms with Crippen LogP contribution in [-0.4, -0.2) is 84.9 Å². The van der Waals surface area contributed by atoms with Crippen LogP contribution in [0.4, 0.5) is 0 Å². The van der Waals surface area contributed by atoms with Crippen molar-refractivity contribution in [2.24, 2.45) is 5.41 Å². The Bertz CT molecular complexity index is 1360. The van der Waals surface area contributed by atoms with Crippen molar-refractivity contribution < 1.29 is 14.3 Å². The first-order valence-electron chi connectivity index (χ1n) is 17.0. The number of aromatic amines is 1. The minimum Gasteiger partial charge on any atom is -0.465 e. The predicted molar refractivity (Wildman–Crippen MR) is 172 cm³/mol. The first kappa shape index (κ1) is 31.5. The van der Waals surface area contributed by atoms with Gasteiger partial charge in [-0.2, -0.15) is 0 Å². The zero-order valence-electron chi connectivity index (χ0n) is 26.8. The van der Waals surface area contributed by atoms with Crippen molar-refractivity contribution in [2.75, 3.05) is 32.8 Å². The second kappa shape index (κ2) is 14.7. The summed E-state index contributed by atoms with van der Waals surface area (Å²) in [4.78, 5) is 44.8. The van der Waals surface area contributed by atoms with Crippen molar-refractivity contribution in [3.05, 3.63) is 71.8 Å². The van der Waals surface area contributed by atoms with Gasteiger partial charge < -0.3 is 24.1 Å². The molecule has 2 saturated heterocycles. The lowest BCUT2D eigenvalue weighted by atomic mass is 9.70. The summed E-state index contributed by atoms with van der Waals surface area (Å²) in [5.74, 6) is 1.50. The lowest BCUT2D eigenvalue weighted by Gasteiger charge is -2.49. The third-order valence-electron chi connectivity index (χ3n) is 10.4. The molecule has 6 rings (SSSR count).